The zero-order valence-electron chi connectivity index (χ0n) is 11.5. The van der Waals surface area contributed by atoms with Gasteiger partial charge in [0.05, 0.1) is 6.54 Å². The summed E-state index contributed by atoms with van der Waals surface area (Å²) in [5, 5.41) is 7.33. The molecule has 1 aromatic carbocycles. The molecule has 0 spiro atoms. The Morgan fingerprint density at radius 1 is 1.33 bits per heavy atom. The lowest BCUT2D eigenvalue weighted by molar-refractivity contribution is 0.661. The lowest BCUT2D eigenvalue weighted by Gasteiger charge is -2.09. The standard InChI is InChI=1S/C15H23N3/c1-4-5-11(2)12(3)18-10-13-6-8-14(9-7-13)15(16)17/h6-9,11H,4-5,10H2,1-3H3,(H3,16,17). The Bertz CT molecular complexity index is 418. The smallest absolute Gasteiger partial charge is 0.122 e. The first-order valence-electron chi connectivity index (χ1n) is 6.48. The van der Waals surface area contributed by atoms with E-state index in [2.05, 4.69) is 25.8 Å². The summed E-state index contributed by atoms with van der Waals surface area (Å²) in [5.41, 5.74) is 8.55. The fraction of sp³-hybridized carbons (Fsp3) is 0.467. The monoisotopic (exact) mass is 245 g/mol. The van der Waals surface area contributed by atoms with Gasteiger partial charge >= 0.3 is 0 Å². The number of benzene rings is 1. The largest absolute Gasteiger partial charge is 0.384 e. The molecule has 0 bridgehead atoms. The van der Waals surface area contributed by atoms with Crippen LogP contribution in [0.15, 0.2) is 29.3 Å². The molecule has 0 aliphatic rings. The molecular formula is C15H23N3. The molecule has 1 unspecified atom stereocenters. The molecule has 1 rings (SSSR count). The van der Waals surface area contributed by atoms with Crippen LogP contribution in [-0.2, 0) is 6.54 Å². The van der Waals surface area contributed by atoms with Crippen molar-refractivity contribution in [1.82, 2.24) is 0 Å². The first kappa shape index (κ1) is 14.4. The number of rotatable bonds is 6. The fourth-order valence-corrected chi connectivity index (χ4v) is 1.80. The Morgan fingerprint density at radius 2 is 1.94 bits per heavy atom. The van der Waals surface area contributed by atoms with Crippen LogP contribution in [-0.4, -0.2) is 11.5 Å². The number of nitrogens with zero attached hydrogens (tertiary/aromatic N) is 1. The van der Waals surface area contributed by atoms with Gasteiger partial charge in [0.15, 0.2) is 0 Å². The molecule has 1 atom stereocenters. The third-order valence-corrected chi connectivity index (χ3v) is 3.21. The molecule has 0 fully saturated rings. The molecule has 0 aliphatic heterocycles. The number of hydrogen-bond acceptors (Lipinski definition) is 2. The molecule has 0 saturated carbocycles. The maximum atomic E-state index is 7.33. The minimum atomic E-state index is 0.109. The summed E-state index contributed by atoms with van der Waals surface area (Å²) in [6.07, 6.45) is 2.39. The van der Waals surface area contributed by atoms with Crippen LogP contribution in [0.1, 0.15) is 44.7 Å². The third-order valence-electron chi connectivity index (χ3n) is 3.21. The van der Waals surface area contributed by atoms with E-state index in [0.29, 0.717) is 12.5 Å². The Labute approximate surface area is 110 Å². The molecule has 98 valence electrons. The molecule has 0 saturated heterocycles. The normalized spacial score (nSPS) is 13.4. The van der Waals surface area contributed by atoms with Crippen LogP contribution in [0.2, 0.25) is 0 Å². The van der Waals surface area contributed by atoms with E-state index in [1.54, 1.807) is 0 Å². The fourth-order valence-electron chi connectivity index (χ4n) is 1.80. The van der Waals surface area contributed by atoms with Gasteiger partial charge in [-0.25, -0.2) is 0 Å². The van der Waals surface area contributed by atoms with Crippen molar-refractivity contribution in [3.63, 3.8) is 0 Å². The Balaban J connectivity index is 2.62. The van der Waals surface area contributed by atoms with E-state index in [-0.39, 0.29) is 5.84 Å². The summed E-state index contributed by atoms with van der Waals surface area (Å²) < 4.78 is 0. The van der Waals surface area contributed by atoms with E-state index >= 15 is 0 Å². The molecule has 1 aromatic rings. The Kier molecular flexibility index (Phi) is 5.56. The number of nitrogen functional groups attached to an aromatic ring is 1. The van der Waals surface area contributed by atoms with Gasteiger partial charge in [0, 0.05) is 11.3 Å². The zero-order chi connectivity index (χ0) is 13.5. The van der Waals surface area contributed by atoms with Crippen molar-refractivity contribution in [1.29, 1.82) is 5.41 Å². The van der Waals surface area contributed by atoms with E-state index < -0.39 is 0 Å². The minimum absolute atomic E-state index is 0.109. The van der Waals surface area contributed by atoms with E-state index in [1.807, 2.05) is 24.3 Å². The highest BCUT2D eigenvalue weighted by Crippen LogP contribution is 2.10. The minimum Gasteiger partial charge on any atom is -0.384 e. The van der Waals surface area contributed by atoms with Crippen molar-refractivity contribution in [2.45, 2.75) is 40.2 Å². The van der Waals surface area contributed by atoms with E-state index in [4.69, 9.17) is 11.1 Å². The molecule has 3 heteroatoms. The third kappa shape index (κ3) is 4.32. The quantitative estimate of drug-likeness (QED) is 0.586. The molecule has 3 nitrogen and oxygen atoms in total. The van der Waals surface area contributed by atoms with Crippen LogP contribution < -0.4 is 5.73 Å². The molecule has 18 heavy (non-hydrogen) atoms. The number of hydrogen-bond donors (Lipinski definition) is 2. The van der Waals surface area contributed by atoms with Gasteiger partial charge in [-0.05, 0) is 24.8 Å². The summed E-state index contributed by atoms with van der Waals surface area (Å²) in [4.78, 5) is 4.62. The average Bonchev–Trinajstić information content (AvgIpc) is 2.36. The number of amidine groups is 1. The highest BCUT2D eigenvalue weighted by molar-refractivity contribution is 5.94. The predicted octanol–water partition coefficient (Wildman–Crippen LogP) is 3.37. The molecule has 0 amide bonds. The van der Waals surface area contributed by atoms with Gasteiger partial charge < -0.3 is 5.73 Å². The number of nitrogens with one attached hydrogen (secondary N) is 1. The van der Waals surface area contributed by atoms with Gasteiger partial charge in [0.2, 0.25) is 0 Å². The number of nitrogens with two attached hydrogens (primary N) is 1. The van der Waals surface area contributed by atoms with Gasteiger partial charge in [-0.3, -0.25) is 10.4 Å². The highest BCUT2D eigenvalue weighted by atomic mass is 14.7. The topological polar surface area (TPSA) is 62.2 Å². The summed E-state index contributed by atoms with van der Waals surface area (Å²) >= 11 is 0. The van der Waals surface area contributed by atoms with Gasteiger partial charge in [-0.1, -0.05) is 44.5 Å². The van der Waals surface area contributed by atoms with Crippen LogP contribution in [0.5, 0.6) is 0 Å². The first-order chi connectivity index (χ1) is 8.54. The molecule has 0 radical (unpaired) electrons. The van der Waals surface area contributed by atoms with Gasteiger partial charge in [-0.2, -0.15) is 0 Å². The molecule has 0 heterocycles. The second-order valence-corrected chi connectivity index (χ2v) is 4.76. The van der Waals surface area contributed by atoms with Crippen molar-refractivity contribution in [2.24, 2.45) is 16.6 Å². The zero-order valence-corrected chi connectivity index (χ0v) is 11.5. The van der Waals surface area contributed by atoms with Crippen LogP contribution >= 0.6 is 0 Å². The molecule has 3 N–H and O–H groups in total. The van der Waals surface area contributed by atoms with Crippen LogP contribution in [0.25, 0.3) is 0 Å². The van der Waals surface area contributed by atoms with Gasteiger partial charge in [0.1, 0.15) is 5.84 Å². The average molecular weight is 245 g/mol. The van der Waals surface area contributed by atoms with Crippen molar-refractivity contribution in [3.8, 4) is 0 Å². The lowest BCUT2D eigenvalue weighted by Crippen LogP contribution is -2.10. The Morgan fingerprint density at radius 3 is 2.44 bits per heavy atom. The second-order valence-electron chi connectivity index (χ2n) is 4.76. The maximum absolute atomic E-state index is 7.33. The van der Waals surface area contributed by atoms with Crippen LogP contribution in [0.3, 0.4) is 0 Å². The van der Waals surface area contributed by atoms with Crippen molar-refractivity contribution >= 4 is 11.5 Å². The van der Waals surface area contributed by atoms with Crippen LogP contribution in [0, 0.1) is 11.3 Å². The van der Waals surface area contributed by atoms with Gasteiger partial charge in [0.25, 0.3) is 0 Å². The van der Waals surface area contributed by atoms with Crippen LogP contribution in [0.4, 0.5) is 0 Å². The SMILES string of the molecule is CCCC(C)C(C)=NCc1ccc(C(=N)N)cc1. The molecule has 0 aliphatic carbocycles. The van der Waals surface area contributed by atoms with E-state index in [1.165, 1.54) is 18.6 Å². The Hall–Kier alpha value is -1.64. The second kappa shape index (κ2) is 6.94. The maximum Gasteiger partial charge on any atom is 0.122 e. The summed E-state index contributed by atoms with van der Waals surface area (Å²) in [7, 11) is 0. The van der Waals surface area contributed by atoms with Crippen molar-refractivity contribution in [2.75, 3.05) is 0 Å². The van der Waals surface area contributed by atoms with E-state index in [0.717, 1.165) is 11.1 Å². The summed E-state index contributed by atoms with van der Waals surface area (Å²) in [6.45, 7) is 7.23. The van der Waals surface area contributed by atoms with Crippen molar-refractivity contribution in [3.05, 3.63) is 35.4 Å². The van der Waals surface area contributed by atoms with E-state index in [9.17, 15) is 0 Å². The van der Waals surface area contributed by atoms with Crippen molar-refractivity contribution < 1.29 is 0 Å². The summed E-state index contributed by atoms with van der Waals surface area (Å²) in [6, 6.07) is 7.71. The first-order valence-corrected chi connectivity index (χ1v) is 6.48. The molecular weight excluding hydrogens is 222 g/mol. The molecule has 0 aromatic heterocycles. The number of aliphatic imine (C=N–C) groups is 1. The highest BCUT2D eigenvalue weighted by Gasteiger charge is 2.04. The summed E-state index contributed by atoms with van der Waals surface area (Å²) in [5.74, 6) is 0.671. The lowest BCUT2D eigenvalue weighted by atomic mass is 10.0. The predicted molar refractivity (Wildman–Crippen MR) is 78.3 cm³/mol. The van der Waals surface area contributed by atoms with Gasteiger partial charge in [-0.15, -0.1) is 0 Å².